The molecule has 0 radical (unpaired) electrons. The highest BCUT2D eigenvalue weighted by Gasteiger charge is 2.28. The lowest BCUT2D eigenvalue weighted by molar-refractivity contribution is -0.146. The normalized spacial score (nSPS) is 14.6. The van der Waals surface area contributed by atoms with Gasteiger partial charge in [-0.1, -0.05) is 6.92 Å². The zero-order valence-electron chi connectivity index (χ0n) is 9.87. The highest BCUT2D eigenvalue weighted by atomic mass is 16.2. The van der Waals surface area contributed by atoms with Crippen molar-refractivity contribution in [3.05, 3.63) is 0 Å². The Kier molecular flexibility index (Phi) is 5.25. The summed E-state index contributed by atoms with van der Waals surface area (Å²) >= 11 is 0. The molecule has 1 saturated carbocycles. The summed E-state index contributed by atoms with van der Waals surface area (Å²) in [5, 5.41) is 2.51. The van der Waals surface area contributed by atoms with Gasteiger partial charge in [-0.25, -0.2) is 0 Å². The largest absolute Gasteiger partial charge is 0.347 e. The third kappa shape index (κ3) is 4.18. The zero-order chi connectivity index (χ0) is 12.0. The Hall–Kier alpha value is -1.10. The number of nitrogens with one attached hydrogen (secondary N) is 1. The van der Waals surface area contributed by atoms with Crippen molar-refractivity contribution in [3.8, 4) is 0 Å². The summed E-state index contributed by atoms with van der Waals surface area (Å²) < 4.78 is 0. The lowest BCUT2D eigenvalue weighted by Gasteiger charge is -2.21. The minimum Gasteiger partial charge on any atom is -0.347 e. The Balaban J connectivity index is 2.40. The van der Waals surface area contributed by atoms with E-state index in [0.717, 1.165) is 13.0 Å². The summed E-state index contributed by atoms with van der Waals surface area (Å²) in [6.45, 7) is 4.10. The molecule has 0 aromatic rings. The second-order valence-corrected chi connectivity index (χ2v) is 4.24. The third-order valence-corrected chi connectivity index (χ3v) is 2.58. The number of hydrogen-bond acceptors (Lipinski definition) is 3. The van der Waals surface area contributed by atoms with Gasteiger partial charge in [0.15, 0.2) is 0 Å². The predicted octanol–water partition coefficient (Wildman–Crippen LogP) is -0.290. The maximum atomic E-state index is 11.8. The molecular weight excluding hydrogens is 206 g/mol. The molecule has 0 aromatic heterocycles. The van der Waals surface area contributed by atoms with Crippen LogP contribution in [0.1, 0.15) is 26.2 Å². The molecule has 2 amide bonds. The molecular formula is C11H21N3O2. The lowest BCUT2D eigenvalue weighted by Crippen LogP contribution is -2.45. The Morgan fingerprint density at radius 1 is 1.44 bits per heavy atom. The van der Waals surface area contributed by atoms with Crippen LogP contribution in [0.3, 0.4) is 0 Å². The van der Waals surface area contributed by atoms with Crippen molar-refractivity contribution < 1.29 is 9.59 Å². The van der Waals surface area contributed by atoms with E-state index >= 15 is 0 Å². The Labute approximate surface area is 96.4 Å². The highest BCUT2D eigenvalue weighted by molar-refractivity contribution is 6.35. The Morgan fingerprint density at radius 3 is 2.62 bits per heavy atom. The van der Waals surface area contributed by atoms with Gasteiger partial charge in [0, 0.05) is 26.2 Å². The van der Waals surface area contributed by atoms with Gasteiger partial charge in [0.05, 0.1) is 0 Å². The smallest absolute Gasteiger partial charge is 0.311 e. The molecule has 0 aromatic carbocycles. The standard InChI is InChI=1S/C11H21N3O2/c1-2-7-14(8-9-3-4-9)11(16)10(15)13-6-5-12/h9H,2-8,12H2,1H3,(H,13,15). The summed E-state index contributed by atoms with van der Waals surface area (Å²) in [4.78, 5) is 24.9. The first-order valence-corrected chi connectivity index (χ1v) is 5.96. The number of amides is 2. The van der Waals surface area contributed by atoms with Crippen LogP contribution < -0.4 is 11.1 Å². The average molecular weight is 227 g/mol. The summed E-state index contributed by atoms with van der Waals surface area (Å²) in [6, 6.07) is 0. The van der Waals surface area contributed by atoms with Crippen LogP contribution in [-0.2, 0) is 9.59 Å². The van der Waals surface area contributed by atoms with Crippen LogP contribution in [0.2, 0.25) is 0 Å². The molecule has 0 unspecified atom stereocenters. The first-order valence-electron chi connectivity index (χ1n) is 5.96. The first kappa shape index (κ1) is 13.0. The second kappa shape index (κ2) is 6.48. The average Bonchev–Trinajstić information content (AvgIpc) is 3.08. The van der Waals surface area contributed by atoms with Crippen molar-refractivity contribution in [2.45, 2.75) is 26.2 Å². The number of nitrogens with zero attached hydrogens (tertiary/aromatic N) is 1. The fraction of sp³-hybridized carbons (Fsp3) is 0.818. The summed E-state index contributed by atoms with van der Waals surface area (Å²) in [7, 11) is 0. The van der Waals surface area contributed by atoms with E-state index in [-0.39, 0.29) is 0 Å². The second-order valence-electron chi connectivity index (χ2n) is 4.24. The molecule has 1 fully saturated rings. The quantitative estimate of drug-likeness (QED) is 0.612. The zero-order valence-corrected chi connectivity index (χ0v) is 9.87. The fourth-order valence-electron chi connectivity index (χ4n) is 1.56. The van der Waals surface area contributed by atoms with Crippen molar-refractivity contribution >= 4 is 11.8 Å². The van der Waals surface area contributed by atoms with Crippen LogP contribution in [0, 0.1) is 5.92 Å². The van der Waals surface area contributed by atoms with Gasteiger partial charge in [-0.3, -0.25) is 9.59 Å². The topological polar surface area (TPSA) is 75.4 Å². The molecule has 1 aliphatic carbocycles. The monoisotopic (exact) mass is 227 g/mol. The van der Waals surface area contributed by atoms with E-state index < -0.39 is 11.8 Å². The molecule has 5 heteroatoms. The maximum Gasteiger partial charge on any atom is 0.311 e. The molecule has 0 aliphatic heterocycles. The van der Waals surface area contributed by atoms with E-state index in [1.807, 2.05) is 6.92 Å². The molecule has 1 aliphatic rings. The van der Waals surface area contributed by atoms with E-state index in [4.69, 9.17) is 5.73 Å². The fourth-order valence-corrected chi connectivity index (χ4v) is 1.56. The van der Waals surface area contributed by atoms with E-state index in [9.17, 15) is 9.59 Å². The van der Waals surface area contributed by atoms with Gasteiger partial charge in [-0.05, 0) is 25.2 Å². The molecule has 3 N–H and O–H groups in total. The van der Waals surface area contributed by atoms with E-state index in [0.29, 0.717) is 25.6 Å². The van der Waals surface area contributed by atoms with Crippen LogP contribution in [0.25, 0.3) is 0 Å². The van der Waals surface area contributed by atoms with Crippen molar-refractivity contribution in [2.75, 3.05) is 26.2 Å². The summed E-state index contributed by atoms with van der Waals surface area (Å²) in [6.07, 6.45) is 3.23. The minimum absolute atomic E-state index is 0.355. The van der Waals surface area contributed by atoms with Crippen LogP contribution in [-0.4, -0.2) is 42.9 Å². The lowest BCUT2D eigenvalue weighted by atomic mass is 10.3. The van der Waals surface area contributed by atoms with Crippen molar-refractivity contribution in [1.82, 2.24) is 10.2 Å². The molecule has 5 nitrogen and oxygen atoms in total. The molecule has 0 heterocycles. The molecule has 92 valence electrons. The summed E-state index contributed by atoms with van der Waals surface area (Å²) in [5.74, 6) is -0.334. The van der Waals surface area contributed by atoms with Gasteiger partial charge in [0.1, 0.15) is 0 Å². The van der Waals surface area contributed by atoms with E-state index in [1.54, 1.807) is 4.90 Å². The molecule has 16 heavy (non-hydrogen) atoms. The molecule has 0 bridgehead atoms. The van der Waals surface area contributed by atoms with Gasteiger partial charge in [-0.2, -0.15) is 0 Å². The highest BCUT2D eigenvalue weighted by Crippen LogP contribution is 2.29. The van der Waals surface area contributed by atoms with Gasteiger partial charge in [0.25, 0.3) is 0 Å². The van der Waals surface area contributed by atoms with Crippen molar-refractivity contribution in [1.29, 1.82) is 0 Å². The molecule has 0 spiro atoms. The van der Waals surface area contributed by atoms with Crippen LogP contribution >= 0.6 is 0 Å². The number of rotatable bonds is 6. The molecule has 0 saturated heterocycles. The first-order chi connectivity index (χ1) is 7.69. The number of carbonyl (C=O) groups is 2. The van der Waals surface area contributed by atoms with Crippen molar-refractivity contribution in [2.24, 2.45) is 11.7 Å². The van der Waals surface area contributed by atoms with Gasteiger partial charge >= 0.3 is 11.8 Å². The summed E-state index contributed by atoms with van der Waals surface area (Å²) in [5.41, 5.74) is 5.26. The Bertz CT molecular complexity index is 252. The van der Waals surface area contributed by atoms with Crippen LogP contribution in [0.4, 0.5) is 0 Å². The SMILES string of the molecule is CCCN(CC1CC1)C(=O)C(=O)NCCN. The van der Waals surface area contributed by atoms with Crippen LogP contribution in [0.5, 0.6) is 0 Å². The molecule has 0 atom stereocenters. The minimum atomic E-state index is -0.528. The molecule has 1 rings (SSSR count). The van der Waals surface area contributed by atoms with Gasteiger partial charge in [0.2, 0.25) is 0 Å². The van der Waals surface area contributed by atoms with Gasteiger partial charge in [-0.15, -0.1) is 0 Å². The van der Waals surface area contributed by atoms with E-state index in [2.05, 4.69) is 5.32 Å². The van der Waals surface area contributed by atoms with E-state index in [1.165, 1.54) is 12.8 Å². The maximum absolute atomic E-state index is 11.8. The third-order valence-electron chi connectivity index (χ3n) is 2.58. The number of nitrogens with two attached hydrogens (primary N) is 1. The number of carbonyl (C=O) groups excluding carboxylic acids is 2. The Morgan fingerprint density at radius 2 is 2.12 bits per heavy atom. The van der Waals surface area contributed by atoms with Crippen molar-refractivity contribution in [3.63, 3.8) is 0 Å². The van der Waals surface area contributed by atoms with Crippen LogP contribution in [0.15, 0.2) is 0 Å². The van der Waals surface area contributed by atoms with Gasteiger partial charge < -0.3 is 16.0 Å². The number of hydrogen-bond donors (Lipinski definition) is 2. The predicted molar refractivity (Wildman–Crippen MR) is 61.7 cm³/mol.